The maximum Gasteiger partial charge on any atom is 0.245 e. The van der Waals surface area contributed by atoms with E-state index in [9.17, 15) is 9.59 Å². The van der Waals surface area contributed by atoms with E-state index >= 15 is 0 Å². The first-order chi connectivity index (χ1) is 11.2. The van der Waals surface area contributed by atoms with Crippen molar-refractivity contribution in [1.29, 1.82) is 0 Å². The van der Waals surface area contributed by atoms with Crippen LogP contribution in [0.5, 0.6) is 0 Å². The van der Waals surface area contributed by atoms with Gasteiger partial charge < -0.3 is 15.2 Å². The Kier molecular flexibility index (Phi) is 3.37. The van der Waals surface area contributed by atoms with Gasteiger partial charge in [-0.3, -0.25) is 9.59 Å². The third-order valence-electron chi connectivity index (χ3n) is 4.75. The quantitative estimate of drug-likeness (QED) is 0.871. The number of imidazole rings is 1. The largest absolute Gasteiger partial charge is 0.342 e. The highest BCUT2D eigenvalue weighted by molar-refractivity contribution is 5.97. The number of hydrogen-bond acceptors (Lipinski definition) is 3. The summed E-state index contributed by atoms with van der Waals surface area (Å²) in [7, 11) is 0. The van der Waals surface area contributed by atoms with E-state index in [1.54, 1.807) is 23.3 Å². The van der Waals surface area contributed by atoms with Crippen LogP contribution in [0, 0.1) is 0 Å². The van der Waals surface area contributed by atoms with E-state index in [0.717, 1.165) is 12.8 Å². The second-order valence-corrected chi connectivity index (χ2v) is 6.15. The van der Waals surface area contributed by atoms with E-state index in [0.29, 0.717) is 6.54 Å². The molecule has 0 spiro atoms. The molecule has 1 aliphatic carbocycles. The predicted molar refractivity (Wildman–Crippen MR) is 83.6 cm³/mol. The second-order valence-electron chi connectivity index (χ2n) is 6.15. The van der Waals surface area contributed by atoms with Gasteiger partial charge in [-0.05, 0) is 24.0 Å². The lowest BCUT2D eigenvalue weighted by atomic mass is 9.90. The Morgan fingerprint density at radius 2 is 2.04 bits per heavy atom. The van der Waals surface area contributed by atoms with Gasteiger partial charge in [-0.15, -0.1) is 0 Å². The fourth-order valence-corrected chi connectivity index (χ4v) is 3.60. The van der Waals surface area contributed by atoms with Crippen molar-refractivity contribution in [3.8, 4) is 0 Å². The molecule has 1 aromatic carbocycles. The Bertz CT molecular complexity index is 741. The van der Waals surface area contributed by atoms with Gasteiger partial charge >= 0.3 is 0 Å². The molecule has 6 nitrogen and oxygen atoms in total. The molecule has 118 valence electrons. The summed E-state index contributed by atoms with van der Waals surface area (Å²) in [6.07, 6.45) is 6.92. The van der Waals surface area contributed by atoms with Crippen LogP contribution in [-0.4, -0.2) is 33.4 Å². The van der Waals surface area contributed by atoms with Crippen molar-refractivity contribution >= 4 is 11.8 Å². The number of benzene rings is 1. The van der Waals surface area contributed by atoms with Crippen LogP contribution in [0.3, 0.4) is 0 Å². The van der Waals surface area contributed by atoms with Crippen LogP contribution in [0.15, 0.2) is 43.0 Å². The number of aryl methyl sites for hydroxylation is 1. The van der Waals surface area contributed by atoms with Crippen molar-refractivity contribution in [2.24, 2.45) is 0 Å². The normalized spacial score (nSPS) is 26.5. The monoisotopic (exact) mass is 310 g/mol. The summed E-state index contributed by atoms with van der Waals surface area (Å²) in [5, 5.41) is 5.79. The van der Waals surface area contributed by atoms with Crippen molar-refractivity contribution in [1.82, 2.24) is 20.2 Å². The molecule has 1 aliphatic heterocycles. The fourth-order valence-electron chi connectivity index (χ4n) is 3.60. The SMILES string of the molecule is O=C1NC(C2CCc3ccccc32)C(=O)NC1Cn1ccnc1. The lowest BCUT2D eigenvalue weighted by Gasteiger charge is -2.33. The van der Waals surface area contributed by atoms with E-state index in [1.807, 2.05) is 12.1 Å². The summed E-state index contributed by atoms with van der Waals surface area (Å²) in [6, 6.07) is 7.13. The van der Waals surface area contributed by atoms with Gasteiger partial charge in [0.05, 0.1) is 12.9 Å². The molecular formula is C17H18N4O2. The lowest BCUT2D eigenvalue weighted by Crippen LogP contribution is -2.64. The third kappa shape index (κ3) is 2.50. The minimum absolute atomic E-state index is 0.0596. The average Bonchev–Trinajstić information content (AvgIpc) is 3.20. The molecule has 0 saturated carbocycles. The van der Waals surface area contributed by atoms with E-state index in [-0.39, 0.29) is 17.7 Å². The number of aromatic nitrogens is 2. The molecule has 1 fully saturated rings. The number of amides is 2. The zero-order valence-electron chi connectivity index (χ0n) is 12.6. The molecule has 23 heavy (non-hydrogen) atoms. The molecule has 1 saturated heterocycles. The van der Waals surface area contributed by atoms with Gasteiger partial charge in [0.15, 0.2) is 0 Å². The standard InChI is InChI=1S/C17H18N4O2/c22-16-14(9-21-8-7-18-10-21)19-17(23)15(20-16)13-6-5-11-3-1-2-4-12(11)13/h1-4,7-8,10,13-15H,5-6,9H2,(H,19,23)(H,20,22). The molecule has 2 heterocycles. The van der Waals surface area contributed by atoms with Crippen LogP contribution in [0.1, 0.15) is 23.5 Å². The summed E-state index contributed by atoms with van der Waals surface area (Å²) in [4.78, 5) is 28.9. The van der Waals surface area contributed by atoms with Gasteiger partial charge in [0.2, 0.25) is 11.8 Å². The molecular weight excluding hydrogens is 292 g/mol. The second kappa shape index (κ2) is 5.53. The predicted octanol–water partition coefficient (Wildman–Crippen LogP) is 0.596. The summed E-state index contributed by atoms with van der Waals surface area (Å²) < 4.78 is 1.79. The van der Waals surface area contributed by atoms with Crippen molar-refractivity contribution in [3.05, 3.63) is 54.1 Å². The van der Waals surface area contributed by atoms with E-state index < -0.39 is 12.1 Å². The molecule has 1 aromatic heterocycles. The highest BCUT2D eigenvalue weighted by atomic mass is 16.2. The maximum absolute atomic E-state index is 12.5. The molecule has 4 rings (SSSR count). The molecule has 2 aromatic rings. The Hall–Kier alpha value is -2.63. The van der Waals surface area contributed by atoms with Crippen LogP contribution in [-0.2, 0) is 22.6 Å². The third-order valence-corrected chi connectivity index (χ3v) is 4.75. The summed E-state index contributed by atoms with van der Waals surface area (Å²) in [5.74, 6) is -0.173. The Morgan fingerprint density at radius 1 is 1.17 bits per heavy atom. The minimum atomic E-state index is -0.551. The minimum Gasteiger partial charge on any atom is -0.342 e. The Labute approximate surface area is 133 Å². The van der Waals surface area contributed by atoms with E-state index in [4.69, 9.17) is 0 Å². The van der Waals surface area contributed by atoms with Gasteiger partial charge in [-0.2, -0.15) is 0 Å². The first-order valence-corrected chi connectivity index (χ1v) is 7.86. The summed E-state index contributed by atoms with van der Waals surface area (Å²) in [5.41, 5.74) is 2.46. The smallest absolute Gasteiger partial charge is 0.245 e. The number of hydrogen-bond donors (Lipinski definition) is 2. The number of fused-ring (bicyclic) bond motifs is 1. The zero-order valence-corrected chi connectivity index (χ0v) is 12.6. The van der Waals surface area contributed by atoms with E-state index in [2.05, 4.69) is 27.8 Å². The van der Waals surface area contributed by atoms with Crippen LogP contribution in [0.25, 0.3) is 0 Å². The van der Waals surface area contributed by atoms with Gasteiger partial charge in [-0.25, -0.2) is 4.98 Å². The Morgan fingerprint density at radius 3 is 2.87 bits per heavy atom. The van der Waals surface area contributed by atoms with Gasteiger partial charge in [0.1, 0.15) is 12.1 Å². The van der Waals surface area contributed by atoms with Crippen LogP contribution in [0.4, 0.5) is 0 Å². The molecule has 2 amide bonds. The van der Waals surface area contributed by atoms with Gasteiger partial charge in [0.25, 0.3) is 0 Å². The lowest BCUT2D eigenvalue weighted by molar-refractivity contribution is -0.137. The number of nitrogens with zero attached hydrogens (tertiary/aromatic N) is 2. The average molecular weight is 310 g/mol. The first kappa shape index (κ1) is 14.0. The number of rotatable bonds is 3. The molecule has 0 bridgehead atoms. The summed E-state index contributed by atoms with van der Waals surface area (Å²) in [6.45, 7) is 0.394. The van der Waals surface area contributed by atoms with Crippen molar-refractivity contribution in [3.63, 3.8) is 0 Å². The summed E-state index contributed by atoms with van der Waals surface area (Å²) >= 11 is 0. The van der Waals surface area contributed by atoms with E-state index in [1.165, 1.54) is 11.1 Å². The fraction of sp³-hybridized carbons (Fsp3) is 0.353. The maximum atomic E-state index is 12.5. The number of carbonyl (C=O) groups is 2. The molecule has 2 aliphatic rings. The van der Waals surface area contributed by atoms with Crippen molar-refractivity contribution < 1.29 is 9.59 Å². The number of piperazine rings is 1. The molecule has 6 heteroatoms. The van der Waals surface area contributed by atoms with Crippen LogP contribution < -0.4 is 10.6 Å². The Balaban J connectivity index is 1.51. The van der Waals surface area contributed by atoms with Gasteiger partial charge in [-0.1, -0.05) is 24.3 Å². The highest BCUT2D eigenvalue weighted by Crippen LogP contribution is 2.36. The molecule has 0 radical (unpaired) electrons. The van der Waals surface area contributed by atoms with Crippen molar-refractivity contribution in [2.75, 3.05) is 0 Å². The first-order valence-electron chi connectivity index (χ1n) is 7.86. The molecule has 3 atom stereocenters. The van der Waals surface area contributed by atoms with Crippen LogP contribution in [0.2, 0.25) is 0 Å². The van der Waals surface area contributed by atoms with Gasteiger partial charge in [0, 0.05) is 18.3 Å². The van der Waals surface area contributed by atoms with Crippen LogP contribution >= 0.6 is 0 Å². The van der Waals surface area contributed by atoms with Crippen molar-refractivity contribution in [2.45, 2.75) is 37.4 Å². The molecule has 2 N–H and O–H groups in total. The highest BCUT2D eigenvalue weighted by Gasteiger charge is 2.40. The number of nitrogens with one attached hydrogen (secondary N) is 2. The topological polar surface area (TPSA) is 76.0 Å². The molecule has 3 unspecified atom stereocenters. The zero-order chi connectivity index (χ0) is 15.8. The number of carbonyl (C=O) groups excluding carboxylic acids is 2.